The molecule has 4 aliphatic rings. The molecule has 4 atom stereocenters. The van der Waals surface area contributed by atoms with Crippen molar-refractivity contribution in [1.82, 2.24) is 39.9 Å². The number of rotatable bonds is 10. The van der Waals surface area contributed by atoms with Crippen LogP contribution in [0.2, 0.25) is 21.9 Å². The zero-order chi connectivity index (χ0) is 44.2. The smallest absolute Gasteiger partial charge is 0.457 e. The Morgan fingerprint density at radius 1 is 0.515 bits per heavy atom. The molecule has 8 aromatic rings. The first-order valence-electron chi connectivity index (χ1n) is 21.4. The molecule has 4 unspecified atom stereocenters. The molecule has 0 amide bonds. The van der Waals surface area contributed by atoms with Crippen molar-refractivity contribution in [2.75, 3.05) is 0 Å². The molecule has 0 spiro atoms. The third-order valence-corrected chi connectivity index (χ3v) is 13.8. The van der Waals surface area contributed by atoms with Gasteiger partial charge in [0.2, 0.25) is 0 Å². The number of nitrogens with zero attached hydrogens (tertiary/aromatic N) is 8. The Balaban J connectivity index is 0.00000481. The van der Waals surface area contributed by atoms with Gasteiger partial charge in [-0.2, -0.15) is 0 Å². The molecule has 5 aromatic carbocycles. The van der Waals surface area contributed by atoms with Gasteiger partial charge >= 0.3 is 19.5 Å². The fourth-order valence-corrected chi connectivity index (χ4v) is 10.1. The first-order valence-corrected chi connectivity index (χ1v) is 21.4. The third-order valence-electron chi connectivity index (χ3n) is 13.8. The minimum Gasteiger partial charge on any atom is -0.457 e. The molecule has 12 rings (SSSR count). The molecule has 3 aromatic heterocycles. The minimum atomic E-state index is -0.510. The molecular weight excluding hydrogens is 847 g/mol. The topological polar surface area (TPSA) is 115 Å². The standard InChI is InChI=1S/C44H24B12N8O.Zn/c45-51-41-43(53-47,55(41)49)19-21-16-22(20-44(54-48)42(52-46)56(44)50)18-23(17-21)65-31-15-7-14-30-32(31)40-63-38-29-13-6-5-12-28(29)36(61-38)59-34-25-9-2-1-8-24(25)33(57-34)58-35-26-10-3-4-11-27(26)37(60-35)62-39(30)64-40;/h1-18,41-42H,19-20H2;/q-2;+2/i51-1,52-1,53-1,54-1,55-1,56-1;. The number of hydrogen-bond donors (Lipinski definition) is 0. The summed E-state index contributed by atoms with van der Waals surface area (Å²) in [7, 11) is 44.3. The van der Waals surface area contributed by atoms with Gasteiger partial charge in [0.1, 0.15) is 11.5 Å². The number of benzene rings is 5. The molecule has 0 saturated carbocycles. The quantitative estimate of drug-likeness (QED) is 0.183. The van der Waals surface area contributed by atoms with Crippen molar-refractivity contribution in [2.24, 2.45) is 0 Å². The van der Waals surface area contributed by atoms with Gasteiger partial charge in [-0.05, 0) is 63.7 Å². The van der Waals surface area contributed by atoms with Crippen molar-refractivity contribution < 1.29 is 24.2 Å². The van der Waals surface area contributed by atoms with Crippen molar-refractivity contribution in [3.63, 3.8) is 0 Å². The van der Waals surface area contributed by atoms with Gasteiger partial charge in [0.25, 0.3) is 0 Å². The Hall–Kier alpha value is -5.34. The van der Waals surface area contributed by atoms with Crippen molar-refractivity contribution in [3.8, 4) is 57.1 Å². The maximum Gasteiger partial charge on any atom is 2.00 e. The predicted octanol–water partition coefficient (Wildman–Crippen LogP) is 4.55. The zero-order valence-electron chi connectivity index (χ0n) is 35.6. The van der Waals surface area contributed by atoms with E-state index in [0.29, 0.717) is 81.4 Å². The SMILES string of the molecule is [B][10B]C1[10B]([B])C1([10B][B])Cc1cc(CC2([10B][B])[10B]([B])C2[10B][B])cc(Oc2cccc3c2-c2nc4nc(nc5[n-]c(nc6[n-]c(nc-3n2)c2ccccc62)c2ccccc52)-c2ccccc2-4)c1.[Zn+2]. The molecule has 284 valence electrons. The fraction of sp³-hybridized carbons (Fsp3) is 0.136. The van der Waals surface area contributed by atoms with E-state index in [1.165, 1.54) is 0 Å². The van der Waals surface area contributed by atoms with E-state index in [0.717, 1.165) is 43.8 Å². The summed E-state index contributed by atoms with van der Waals surface area (Å²) in [6.45, 7) is -0.441. The Bertz CT molecular complexity index is 3400. The average Bonchev–Trinajstić information content (AvgIpc) is 3.65. The van der Waals surface area contributed by atoms with Crippen LogP contribution in [0.1, 0.15) is 11.1 Å². The normalized spacial score (nSPS) is 19.9. The minimum absolute atomic E-state index is 0. The maximum atomic E-state index is 6.97. The summed E-state index contributed by atoms with van der Waals surface area (Å²) in [5.41, 5.74) is 6.62. The van der Waals surface area contributed by atoms with E-state index in [1.807, 2.05) is 103 Å². The Morgan fingerprint density at radius 3 is 1.41 bits per heavy atom. The van der Waals surface area contributed by atoms with Gasteiger partial charge in [0, 0.05) is 100 Å². The largest absolute Gasteiger partial charge is 2.00 e. The van der Waals surface area contributed by atoms with E-state index in [4.69, 9.17) is 91.0 Å². The van der Waals surface area contributed by atoms with Crippen LogP contribution < -0.4 is 14.7 Å². The van der Waals surface area contributed by atoms with E-state index in [1.54, 1.807) is 28.7 Å². The van der Waals surface area contributed by atoms with Crippen LogP contribution >= 0.6 is 0 Å². The third kappa shape index (κ3) is 6.78. The Kier molecular flexibility index (Phi) is 10.8. The summed E-state index contributed by atoms with van der Waals surface area (Å²) in [5.74, 6) is 2.73. The van der Waals surface area contributed by atoms with E-state index in [2.05, 4.69) is 6.07 Å². The molecule has 9 nitrogen and oxygen atoms in total. The number of ether oxygens (including phenoxy) is 1. The molecule has 22 heteroatoms. The van der Waals surface area contributed by atoms with Crippen LogP contribution in [0.15, 0.2) is 109 Å². The summed E-state index contributed by atoms with van der Waals surface area (Å²) in [5, 5.41) is 2.30. The molecule has 4 aliphatic heterocycles. The molecule has 16 radical (unpaired) electrons. The summed E-state index contributed by atoms with van der Waals surface area (Å²) in [6, 6.07) is 35.5. The van der Waals surface area contributed by atoms with E-state index in [-0.39, 0.29) is 44.1 Å². The molecule has 7 heterocycles. The van der Waals surface area contributed by atoms with Crippen molar-refractivity contribution in [3.05, 3.63) is 120 Å². The Labute approximate surface area is 406 Å². The van der Waals surface area contributed by atoms with Crippen LogP contribution in [0.5, 0.6) is 11.5 Å². The second-order valence-electron chi connectivity index (χ2n) is 17.3. The second-order valence-corrected chi connectivity index (χ2v) is 17.3. The number of hydrogen-bond acceptors (Lipinski definition) is 7. The average molecular weight is 871 g/mol. The van der Waals surface area contributed by atoms with Crippen molar-refractivity contribution >= 4 is 132 Å². The molecule has 2 saturated heterocycles. The van der Waals surface area contributed by atoms with Gasteiger partial charge in [0.15, 0.2) is 11.6 Å². The van der Waals surface area contributed by atoms with Crippen LogP contribution in [-0.2, 0) is 32.3 Å². The van der Waals surface area contributed by atoms with Crippen LogP contribution in [0.3, 0.4) is 0 Å². The Morgan fingerprint density at radius 2 is 0.939 bits per heavy atom. The molecule has 0 aliphatic carbocycles. The van der Waals surface area contributed by atoms with Gasteiger partial charge in [-0.25, -0.2) is 15.0 Å². The first kappa shape index (κ1) is 43.2. The van der Waals surface area contributed by atoms with Crippen LogP contribution in [-0.4, -0.2) is 118 Å². The van der Waals surface area contributed by atoms with E-state index in [9.17, 15) is 0 Å². The molecule has 8 bridgehead atoms. The van der Waals surface area contributed by atoms with Gasteiger partial charge in [-0.15, -0.1) is 21.9 Å². The summed E-state index contributed by atoms with van der Waals surface area (Å²) in [4.78, 5) is 40.6. The van der Waals surface area contributed by atoms with Gasteiger partial charge in [-0.3, -0.25) is 0 Å². The zero-order valence-corrected chi connectivity index (χ0v) is 38.5. The number of fused-ring (bicyclic) bond motifs is 20. The summed E-state index contributed by atoms with van der Waals surface area (Å²) < 4.78 is 6.97. The van der Waals surface area contributed by atoms with E-state index >= 15 is 0 Å². The van der Waals surface area contributed by atoms with Crippen LogP contribution in [0.4, 0.5) is 0 Å². The maximum absolute atomic E-state index is 6.97. The van der Waals surface area contributed by atoms with E-state index < -0.39 is 10.4 Å². The number of aromatic nitrogens is 8. The second kappa shape index (κ2) is 16.5. The first-order chi connectivity index (χ1) is 31.7. The van der Waals surface area contributed by atoms with Crippen LogP contribution in [0.25, 0.3) is 89.7 Å². The molecule has 66 heavy (non-hydrogen) atoms. The molecule has 0 N–H and O–H groups in total. The predicted molar refractivity (Wildman–Crippen MR) is 270 cm³/mol. The summed E-state index contributed by atoms with van der Waals surface area (Å²) in [6.07, 6.45) is 1.07. The fourth-order valence-electron chi connectivity index (χ4n) is 10.1. The van der Waals surface area contributed by atoms with Gasteiger partial charge in [-0.1, -0.05) is 91.0 Å². The molecule has 2 fully saturated rings. The van der Waals surface area contributed by atoms with Crippen molar-refractivity contribution in [1.29, 1.82) is 0 Å². The molecular formula is C44H24B12N8OZn. The monoisotopic (exact) mass is 870 g/mol. The summed E-state index contributed by atoms with van der Waals surface area (Å²) >= 11 is 0. The van der Waals surface area contributed by atoms with Gasteiger partial charge < -0.3 is 29.7 Å². The van der Waals surface area contributed by atoms with Gasteiger partial charge in [0.05, 0.1) is 44.8 Å². The van der Waals surface area contributed by atoms with Crippen LogP contribution in [0, 0.1) is 0 Å². The van der Waals surface area contributed by atoms with Crippen molar-refractivity contribution in [2.45, 2.75) is 34.7 Å².